The van der Waals surface area contributed by atoms with Crippen molar-refractivity contribution in [3.05, 3.63) is 18.0 Å². The van der Waals surface area contributed by atoms with Crippen molar-refractivity contribution in [2.75, 3.05) is 13.1 Å². The molecule has 1 aromatic rings. The Morgan fingerprint density at radius 2 is 2.08 bits per heavy atom. The minimum Gasteiger partial charge on any atom is -0.356 e. The quantitative estimate of drug-likeness (QED) is 0.903. The summed E-state index contributed by atoms with van der Waals surface area (Å²) in [5, 5.41) is 7.45. The molecule has 2 heterocycles. The zero-order chi connectivity index (χ0) is 16.9. The van der Waals surface area contributed by atoms with Gasteiger partial charge in [-0.15, -0.1) is 0 Å². The first-order chi connectivity index (χ1) is 11.7. The lowest BCUT2D eigenvalue weighted by Gasteiger charge is -2.39. The lowest BCUT2D eigenvalue weighted by molar-refractivity contribution is -0.128. The molecule has 132 valence electrons. The number of hydrogen-bond donors (Lipinski definition) is 1. The smallest absolute Gasteiger partial charge is 0.274 e. The van der Waals surface area contributed by atoms with Crippen LogP contribution in [0.25, 0.3) is 0 Å². The van der Waals surface area contributed by atoms with Crippen molar-refractivity contribution >= 4 is 11.8 Å². The fraction of sp³-hybridized carbons (Fsp3) is 0.722. The number of aryl methyl sites for hydroxylation is 1. The van der Waals surface area contributed by atoms with Gasteiger partial charge in [0, 0.05) is 31.9 Å². The number of amides is 2. The number of carbonyl (C=O) groups excluding carboxylic acids is 2. The number of nitrogens with zero attached hydrogens (tertiary/aromatic N) is 3. The van der Waals surface area contributed by atoms with Crippen LogP contribution < -0.4 is 5.32 Å². The molecule has 6 nitrogen and oxygen atoms in total. The zero-order valence-corrected chi connectivity index (χ0v) is 14.5. The summed E-state index contributed by atoms with van der Waals surface area (Å²) in [6.45, 7) is 4.25. The van der Waals surface area contributed by atoms with Crippen LogP contribution in [-0.4, -0.2) is 45.6 Å². The summed E-state index contributed by atoms with van der Waals surface area (Å²) >= 11 is 0. The normalized spacial score (nSPS) is 25.7. The highest BCUT2D eigenvalue weighted by Crippen LogP contribution is 2.30. The lowest BCUT2D eigenvalue weighted by Crippen LogP contribution is -2.51. The van der Waals surface area contributed by atoms with Crippen molar-refractivity contribution in [1.29, 1.82) is 0 Å². The Labute approximate surface area is 143 Å². The van der Waals surface area contributed by atoms with Crippen LogP contribution in [0.4, 0.5) is 0 Å². The maximum atomic E-state index is 13.1. The third kappa shape index (κ3) is 3.62. The predicted octanol–water partition coefficient (Wildman–Crippen LogP) is 2.20. The van der Waals surface area contributed by atoms with Crippen LogP contribution in [0.15, 0.2) is 12.3 Å². The molecule has 1 aromatic heterocycles. The van der Waals surface area contributed by atoms with Gasteiger partial charge in [-0.1, -0.05) is 12.8 Å². The van der Waals surface area contributed by atoms with Crippen molar-refractivity contribution < 1.29 is 9.59 Å². The Morgan fingerprint density at radius 3 is 2.88 bits per heavy atom. The van der Waals surface area contributed by atoms with Crippen molar-refractivity contribution in [2.45, 2.75) is 64.5 Å². The second-order valence-electron chi connectivity index (χ2n) is 6.87. The van der Waals surface area contributed by atoms with Gasteiger partial charge in [-0.2, -0.15) is 5.10 Å². The van der Waals surface area contributed by atoms with Crippen LogP contribution in [0, 0.1) is 5.92 Å². The standard InChI is InChI=1S/C18H28N4O2/c1-2-21-13-10-15(20-21)18(24)22-12-7-3-6-11-19-17(23)14-8-4-5-9-16(14)22/h10,13-14,16H,2-9,11-12H2,1H3,(H,19,23). The third-order valence-electron chi connectivity index (χ3n) is 5.29. The molecule has 2 unspecified atom stereocenters. The van der Waals surface area contributed by atoms with E-state index in [-0.39, 0.29) is 23.8 Å². The molecule has 2 fully saturated rings. The van der Waals surface area contributed by atoms with E-state index in [1.54, 1.807) is 10.7 Å². The van der Waals surface area contributed by atoms with E-state index in [0.29, 0.717) is 5.69 Å². The number of carbonyl (C=O) groups is 2. The molecule has 1 aliphatic carbocycles. The summed E-state index contributed by atoms with van der Waals surface area (Å²) in [5.74, 6) is 0.0278. The van der Waals surface area contributed by atoms with Gasteiger partial charge in [-0.05, 0) is 45.1 Å². The molecule has 2 amide bonds. The molecule has 1 saturated heterocycles. The molecule has 0 bridgehead atoms. The lowest BCUT2D eigenvalue weighted by atomic mass is 9.82. The van der Waals surface area contributed by atoms with Crippen molar-refractivity contribution in [1.82, 2.24) is 20.0 Å². The van der Waals surface area contributed by atoms with Crippen LogP contribution in [0.3, 0.4) is 0 Å². The van der Waals surface area contributed by atoms with Gasteiger partial charge in [0.2, 0.25) is 5.91 Å². The second-order valence-corrected chi connectivity index (χ2v) is 6.87. The van der Waals surface area contributed by atoms with Crippen molar-refractivity contribution in [3.63, 3.8) is 0 Å². The number of nitrogens with one attached hydrogen (secondary N) is 1. The topological polar surface area (TPSA) is 67.2 Å². The zero-order valence-electron chi connectivity index (χ0n) is 14.5. The summed E-state index contributed by atoms with van der Waals surface area (Å²) in [6.07, 6.45) is 8.80. The van der Waals surface area contributed by atoms with Gasteiger partial charge in [-0.3, -0.25) is 14.3 Å². The van der Waals surface area contributed by atoms with Gasteiger partial charge >= 0.3 is 0 Å². The Bertz CT molecular complexity index is 583. The molecule has 6 heteroatoms. The van der Waals surface area contributed by atoms with Gasteiger partial charge in [0.25, 0.3) is 5.91 Å². The van der Waals surface area contributed by atoms with E-state index >= 15 is 0 Å². The second kappa shape index (κ2) is 7.81. The molecule has 3 rings (SSSR count). The van der Waals surface area contributed by atoms with E-state index in [1.165, 1.54) is 0 Å². The molecule has 0 radical (unpaired) electrons. The van der Waals surface area contributed by atoms with E-state index in [1.807, 2.05) is 18.0 Å². The predicted molar refractivity (Wildman–Crippen MR) is 91.5 cm³/mol. The maximum Gasteiger partial charge on any atom is 0.274 e. The monoisotopic (exact) mass is 332 g/mol. The van der Waals surface area contributed by atoms with Crippen LogP contribution in [0.1, 0.15) is 62.4 Å². The highest BCUT2D eigenvalue weighted by Gasteiger charge is 2.37. The van der Waals surface area contributed by atoms with Crippen molar-refractivity contribution in [3.8, 4) is 0 Å². The van der Waals surface area contributed by atoms with E-state index < -0.39 is 0 Å². The Hall–Kier alpha value is -1.85. The first-order valence-corrected chi connectivity index (χ1v) is 9.33. The Morgan fingerprint density at radius 1 is 1.25 bits per heavy atom. The fourth-order valence-electron chi connectivity index (χ4n) is 3.93. The highest BCUT2D eigenvalue weighted by atomic mass is 16.2. The molecule has 2 aliphatic rings. The SMILES string of the molecule is CCn1ccc(C(=O)N2CCCCCNC(=O)C3CCCCC32)n1. The van der Waals surface area contributed by atoms with Gasteiger partial charge in [-0.25, -0.2) is 0 Å². The van der Waals surface area contributed by atoms with E-state index in [9.17, 15) is 9.59 Å². The fourth-order valence-corrected chi connectivity index (χ4v) is 3.93. The molecule has 1 aliphatic heterocycles. The number of aromatic nitrogens is 2. The average molecular weight is 332 g/mol. The van der Waals surface area contributed by atoms with Crippen LogP contribution in [-0.2, 0) is 11.3 Å². The highest BCUT2D eigenvalue weighted by molar-refractivity contribution is 5.93. The largest absolute Gasteiger partial charge is 0.356 e. The van der Waals surface area contributed by atoms with E-state index in [4.69, 9.17) is 0 Å². The van der Waals surface area contributed by atoms with Gasteiger partial charge in [0.15, 0.2) is 0 Å². The summed E-state index contributed by atoms with van der Waals surface area (Å²) in [4.78, 5) is 27.6. The van der Waals surface area contributed by atoms with Gasteiger partial charge in [0.1, 0.15) is 5.69 Å². The first kappa shape index (κ1) is 17.0. The van der Waals surface area contributed by atoms with Crippen LogP contribution in [0.5, 0.6) is 0 Å². The third-order valence-corrected chi connectivity index (χ3v) is 5.29. The molecular formula is C18H28N4O2. The van der Waals surface area contributed by atoms with Gasteiger partial charge in [0.05, 0.1) is 5.92 Å². The summed E-state index contributed by atoms with van der Waals surface area (Å²) in [7, 11) is 0. The number of rotatable bonds is 2. The molecule has 2 atom stereocenters. The van der Waals surface area contributed by atoms with Gasteiger partial charge < -0.3 is 10.2 Å². The Kier molecular flexibility index (Phi) is 5.53. The molecule has 24 heavy (non-hydrogen) atoms. The minimum atomic E-state index is -0.0749. The van der Waals surface area contributed by atoms with E-state index in [0.717, 1.165) is 64.6 Å². The molecule has 0 spiro atoms. The minimum absolute atomic E-state index is 0.0103. The molecular weight excluding hydrogens is 304 g/mol. The molecule has 1 N–H and O–H groups in total. The summed E-state index contributed by atoms with van der Waals surface area (Å²) in [5.41, 5.74) is 0.499. The Balaban J connectivity index is 1.85. The summed E-state index contributed by atoms with van der Waals surface area (Å²) in [6, 6.07) is 1.80. The first-order valence-electron chi connectivity index (χ1n) is 9.33. The summed E-state index contributed by atoms with van der Waals surface area (Å²) < 4.78 is 1.78. The van der Waals surface area contributed by atoms with E-state index in [2.05, 4.69) is 10.4 Å². The van der Waals surface area contributed by atoms with Crippen LogP contribution >= 0.6 is 0 Å². The maximum absolute atomic E-state index is 13.1. The molecule has 1 saturated carbocycles. The average Bonchev–Trinajstić information content (AvgIpc) is 3.09. The number of hydrogen-bond acceptors (Lipinski definition) is 3. The van der Waals surface area contributed by atoms with Crippen LogP contribution in [0.2, 0.25) is 0 Å². The number of fused-ring (bicyclic) bond motifs is 1. The van der Waals surface area contributed by atoms with Crippen molar-refractivity contribution in [2.24, 2.45) is 5.92 Å². The molecule has 0 aromatic carbocycles.